The van der Waals surface area contributed by atoms with Gasteiger partial charge in [-0.3, -0.25) is 37.3 Å². The molecular formula is C91H178O17P2. The second-order valence-electron chi connectivity index (χ2n) is 32.7. The van der Waals surface area contributed by atoms with E-state index in [0.717, 1.165) is 89.9 Å². The van der Waals surface area contributed by atoms with Gasteiger partial charge in [0.1, 0.15) is 19.3 Å². The Kier molecular flexibility index (Phi) is 83.5. The Hall–Kier alpha value is -1.94. The molecule has 2 unspecified atom stereocenters. The Labute approximate surface area is 677 Å². The van der Waals surface area contributed by atoms with E-state index < -0.39 is 97.5 Å². The summed E-state index contributed by atoms with van der Waals surface area (Å²) in [4.78, 5) is 73.4. The van der Waals surface area contributed by atoms with Crippen LogP contribution in [0, 0.1) is 0 Å². The highest BCUT2D eigenvalue weighted by atomic mass is 31.2. The molecule has 0 fully saturated rings. The first-order valence-corrected chi connectivity index (χ1v) is 50.3. The highest BCUT2D eigenvalue weighted by molar-refractivity contribution is 7.47. The largest absolute Gasteiger partial charge is 0.472 e. The summed E-state index contributed by atoms with van der Waals surface area (Å²) < 4.78 is 69.1. The minimum absolute atomic E-state index is 0.110. The number of ether oxygens (including phenoxy) is 4. The number of rotatable bonds is 92. The average Bonchev–Trinajstić information content (AvgIpc) is 0.900. The molecule has 110 heavy (non-hydrogen) atoms. The maximum Gasteiger partial charge on any atom is 0.472 e. The fraction of sp³-hybridized carbons (Fsp3) is 0.956. The van der Waals surface area contributed by atoms with E-state index in [2.05, 4.69) is 27.7 Å². The minimum atomic E-state index is -4.97. The van der Waals surface area contributed by atoms with Crippen LogP contribution < -0.4 is 0 Å². The van der Waals surface area contributed by atoms with Crippen molar-refractivity contribution in [2.24, 2.45) is 0 Å². The van der Waals surface area contributed by atoms with E-state index in [-0.39, 0.29) is 25.7 Å². The molecule has 0 aromatic rings. The highest BCUT2D eigenvalue weighted by Crippen LogP contribution is 2.45. The molecule has 0 amide bonds. The zero-order chi connectivity index (χ0) is 80.3. The van der Waals surface area contributed by atoms with Crippen molar-refractivity contribution in [1.29, 1.82) is 0 Å². The van der Waals surface area contributed by atoms with Crippen molar-refractivity contribution in [3.63, 3.8) is 0 Å². The van der Waals surface area contributed by atoms with Crippen molar-refractivity contribution in [1.82, 2.24) is 0 Å². The molecule has 0 rings (SSSR count). The lowest BCUT2D eigenvalue weighted by molar-refractivity contribution is -0.161. The summed E-state index contributed by atoms with van der Waals surface area (Å²) in [5, 5.41) is 10.7. The molecule has 0 aliphatic rings. The van der Waals surface area contributed by atoms with E-state index in [0.29, 0.717) is 25.7 Å². The molecular weight excluding hydrogens is 1430 g/mol. The SMILES string of the molecule is CCCCCCCCCCCCCCCCCCCCCCCC(=O)O[C@H](COC(=O)CCCCCCCCCCCCCCCCCCCCC)COP(=O)(O)OC[C@@H](O)COP(=O)(O)OC[C@@H](COC(=O)CCCCCCCCCCCCCC)OC(=O)CCCCCCCCCCCCCCCCCCCC. The molecule has 5 atom stereocenters. The zero-order valence-electron chi connectivity index (χ0n) is 72.3. The summed E-state index contributed by atoms with van der Waals surface area (Å²) >= 11 is 0. The van der Waals surface area contributed by atoms with Gasteiger partial charge in [-0.15, -0.1) is 0 Å². The lowest BCUT2D eigenvalue weighted by Gasteiger charge is -2.21. The zero-order valence-corrected chi connectivity index (χ0v) is 74.0. The second-order valence-corrected chi connectivity index (χ2v) is 35.6. The molecule has 0 heterocycles. The van der Waals surface area contributed by atoms with Gasteiger partial charge in [-0.2, -0.15) is 0 Å². The van der Waals surface area contributed by atoms with Crippen molar-refractivity contribution in [2.45, 2.75) is 521 Å². The number of unbranched alkanes of at least 4 members (excludes halogenated alkanes) is 66. The monoisotopic (exact) mass is 1610 g/mol. The van der Waals surface area contributed by atoms with E-state index >= 15 is 0 Å². The Bertz CT molecular complexity index is 2070. The number of esters is 4. The van der Waals surface area contributed by atoms with Crippen molar-refractivity contribution in [3.05, 3.63) is 0 Å². The van der Waals surface area contributed by atoms with Gasteiger partial charge in [0, 0.05) is 25.7 Å². The molecule has 17 nitrogen and oxygen atoms in total. The van der Waals surface area contributed by atoms with Crippen LogP contribution in [0.2, 0.25) is 0 Å². The highest BCUT2D eigenvalue weighted by Gasteiger charge is 2.31. The molecule has 0 saturated carbocycles. The smallest absolute Gasteiger partial charge is 0.462 e. The molecule has 0 aliphatic carbocycles. The van der Waals surface area contributed by atoms with Crippen LogP contribution in [0.15, 0.2) is 0 Å². The van der Waals surface area contributed by atoms with Crippen LogP contribution in [0.25, 0.3) is 0 Å². The topological polar surface area (TPSA) is 237 Å². The van der Waals surface area contributed by atoms with Crippen LogP contribution in [0.5, 0.6) is 0 Å². The molecule has 654 valence electrons. The van der Waals surface area contributed by atoms with Gasteiger partial charge in [0.2, 0.25) is 0 Å². The number of hydrogen-bond donors (Lipinski definition) is 3. The first-order chi connectivity index (χ1) is 53.7. The van der Waals surface area contributed by atoms with Crippen LogP contribution in [0.4, 0.5) is 0 Å². The van der Waals surface area contributed by atoms with Crippen LogP contribution in [0.1, 0.15) is 503 Å². The van der Waals surface area contributed by atoms with Crippen LogP contribution in [-0.2, 0) is 65.4 Å². The molecule has 0 radical (unpaired) electrons. The number of phosphoric ester groups is 2. The van der Waals surface area contributed by atoms with E-state index in [1.165, 1.54) is 334 Å². The first kappa shape index (κ1) is 108. The maximum atomic E-state index is 13.2. The van der Waals surface area contributed by atoms with Gasteiger partial charge >= 0.3 is 39.5 Å². The molecule has 0 aromatic carbocycles. The van der Waals surface area contributed by atoms with Crippen molar-refractivity contribution in [3.8, 4) is 0 Å². The van der Waals surface area contributed by atoms with Gasteiger partial charge in [-0.1, -0.05) is 451 Å². The third kappa shape index (κ3) is 84.0. The molecule has 19 heteroatoms. The number of phosphoric acid groups is 2. The summed E-state index contributed by atoms with van der Waals surface area (Å²) in [6.07, 6.45) is 82.0. The summed E-state index contributed by atoms with van der Waals surface area (Å²) in [5.41, 5.74) is 0. The second kappa shape index (κ2) is 85.0. The lowest BCUT2D eigenvalue weighted by atomic mass is 10.0. The normalized spacial score (nSPS) is 13.6. The van der Waals surface area contributed by atoms with Gasteiger partial charge < -0.3 is 33.8 Å². The summed E-state index contributed by atoms with van der Waals surface area (Å²) in [5.74, 6) is -2.09. The summed E-state index contributed by atoms with van der Waals surface area (Å²) in [7, 11) is -9.93. The van der Waals surface area contributed by atoms with Crippen LogP contribution >= 0.6 is 15.6 Å². The van der Waals surface area contributed by atoms with Crippen molar-refractivity contribution in [2.75, 3.05) is 39.6 Å². The van der Waals surface area contributed by atoms with E-state index in [1.807, 2.05) is 0 Å². The fourth-order valence-electron chi connectivity index (χ4n) is 14.4. The predicted octanol–water partition coefficient (Wildman–Crippen LogP) is 28.5. The van der Waals surface area contributed by atoms with Crippen LogP contribution in [0.3, 0.4) is 0 Å². The van der Waals surface area contributed by atoms with E-state index in [9.17, 15) is 43.2 Å². The average molecular weight is 1610 g/mol. The van der Waals surface area contributed by atoms with E-state index in [1.54, 1.807) is 0 Å². The van der Waals surface area contributed by atoms with Gasteiger partial charge in [0.25, 0.3) is 0 Å². The molecule has 0 aromatic heterocycles. The lowest BCUT2D eigenvalue weighted by Crippen LogP contribution is -2.30. The van der Waals surface area contributed by atoms with Gasteiger partial charge in [-0.25, -0.2) is 9.13 Å². The summed E-state index contributed by atoms with van der Waals surface area (Å²) in [6.45, 7) is 5.09. The number of carbonyl (C=O) groups excluding carboxylic acids is 4. The quantitative estimate of drug-likeness (QED) is 0.0222. The third-order valence-electron chi connectivity index (χ3n) is 21.6. The minimum Gasteiger partial charge on any atom is -0.462 e. The fourth-order valence-corrected chi connectivity index (χ4v) is 16.0. The number of aliphatic hydroxyl groups is 1. The summed E-state index contributed by atoms with van der Waals surface area (Å²) in [6, 6.07) is 0. The predicted molar refractivity (Wildman–Crippen MR) is 455 cm³/mol. The van der Waals surface area contributed by atoms with Gasteiger partial charge in [0.05, 0.1) is 26.4 Å². The maximum absolute atomic E-state index is 13.2. The third-order valence-corrected chi connectivity index (χ3v) is 23.5. The molecule has 0 aliphatic heterocycles. The molecule has 0 bridgehead atoms. The number of aliphatic hydroxyl groups excluding tert-OH is 1. The van der Waals surface area contributed by atoms with Crippen molar-refractivity contribution < 1.29 is 80.2 Å². The Morgan fingerprint density at radius 3 is 0.536 bits per heavy atom. The van der Waals surface area contributed by atoms with E-state index in [4.69, 9.17) is 37.0 Å². The Morgan fingerprint density at radius 2 is 0.364 bits per heavy atom. The molecule has 0 spiro atoms. The number of hydrogen-bond acceptors (Lipinski definition) is 15. The molecule has 3 N–H and O–H groups in total. The van der Waals surface area contributed by atoms with Crippen molar-refractivity contribution >= 4 is 39.5 Å². The number of carbonyl (C=O) groups is 4. The van der Waals surface area contributed by atoms with Gasteiger partial charge in [-0.05, 0) is 25.7 Å². The first-order valence-electron chi connectivity index (χ1n) is 47.3. The Balaban J connectivity index is 5.24. The standard InChI is InChI=1S/C91H178O17P2/c1-5-9-13-17-21-25-29-33-36-39-42-43-45-48-51-54-58-62-66-70-74-78-91(96)108-87(82-102-89(94)76-72-68-64-60-56-52-49-47-44-40-37-34-30-26-22-18-14-10-6-2)84-106-110(99,100)104-80-85(92)79-103-109(97,98)105-83-86(81-101-88(93)75-71-67-63-59-55-32-28-24-20-16-12-8-4)107-90(95)77-73-69-65-61-57-53-50-46-41-38-35-31-27-23-19-15-11-7-3/h85-87,92H,5-84H2,1-4H3,(H,97,98)(H,99,100)/t85-,86+,87+/m0/s1. The van der Waals surface area contributed by atoms with Crippen LogP contribution in [-0.4, -0.2) is 96.7 Å². The van der Waals surface area contributed by atoms with Gasteiger partial charge in [0.15, 0.2) is 12.2 Å². The Morgan fingerprint density at radius 1 is 0.218 bits per heavy atom. The molecule has 0 saturated heterocycles.